The van der Waals surface area contributed by atoms with Gasteiger partial charge in [-0.2, -0.15) is 0 Å². The Morgan fingerprint density at radius 2 is 1.57 bits per heavy atom. The maximum absolute atomic E-state index is 12.0. The number of carbonyl (C=O) groups excluding carboxylic acids is 3. The quantitative estimate of drug-likeness (QED) is 0.732. The second-order valence-electron chi connectivity index (χ2n) is 8.42. The molecule has 3 rings (SSSR count). The van der Waals surface area contributed by atoms with E-state index < -0.39 is 0 Å². The SMILES string of the molecule is CC1CC(C)CN(Cc2ccc(CNC(=O)CCN3C(=O)CCC3=O)cc2)C1. The summed E-state index contributed by atoms with van der Waals surface area (Å²) in [5.74, 6) is 1.01. The summed E-state index contributed by atoms with van der Waals surface area (Å²) in [5.41, 5.74) is 2.34. The first kappa shape index (κ1) is 20.5. The van der Waals surface area contributed by atoms with Gasteiger partial charge in [-0.25, -0.2) is 0 Å². The van der Waals surface area contributed by atoms with Gasteiger partial charge in [-0.3, -0.25) is 24.2 Å². The van der Waals surface area contributed by atoms with Crippen LogP contribution in [0.4, 0.5) is 0 Å². The van der Waals surface area contributed by atoms with Gasteiger partial charge in [0.1, 0.15) is 0 Å². The molecule has 6 nitrogen and oxygen atoms in total. The minimum absolute atomic E-state index is 0.145. The van der Waals surface area contributed by atoms with E-state index in [0.717, 1.165) is 37.0 Å². The molecule has 2 aliphatic heterocycles. The molecule has 1 aromatic carbocycles. The summed E-state index contributed by atoms with van der Waals surface area (Å²) in [7, 11) is 0. The molecule has 0 aliphatic carbocycles. The summed E-state index contributed by atoms with van der Waals surface area (Å²) in [6, 6.07) is 8.37. The molecule has 2 heterocycles. The van der Waals surface area contributed by atoms with E-state index in [-0.39, 0.29) is 43.5 Å². The molecule has 2 unspecified atom stereocenters. The predicted molar refractivity (Wildman–Crippen MR) is 107 cm³/mol. The van der Waals surface area contributed by atoms with Crippen LogP contribution in [-0.2, 0) is 27.5 Å². The number of hydrogen-bond acceptors (Lipinski definition) is 4. The van der Waals surface area contributed by atoms with Gasteiger partial charge in [0.15, 0.2) is 0 Å². The van der Waals surface area contributed by atoms with Crippen LogP contribution in [0.3, 0.4) is 0 Å². The molecular weight excluding hydrogens is 354 g/mol. The van der Waals surface area contributed by atoms with E-state index in [1.807, 2.05) is 0 Å². The van der Waals surface area contributed by atoms with Crippen LogP contribution in [-0.4, -0.2) is 47.2 Å². The number of benzene rings is 1. The standard InChI is InChI=1S/C22H31N3O3/c1-16-11-17(2)14-24(13-16)15-19-5-3-18(4-6-19)12-23-20(26)9-10-25-21(27)7-8-22(25)28/h3-6,16-17H,7-15H2,1-2H3,(H,23,26). The molecule has 6 heteroatoms. The fourth-order valence-corrected chi connectivity index (χ4v) is 4.32. The fourth-order valence-electron chi connectivity index (χ4n) is 4.32. The van der Waals surface area contributed by atoms with Crippen molar-refractivity contribution in [1.82, 2.24) is 15.1 Å². The van der Waals surface area contributed by atoms with Gasteiger partial charge in [0.25, 0.3) is 0 Å². The monoisotopic (exact) mass is 385 g/mol. The van der Waals surface area contributed by atoms with Gasteiger partial charge < -0.3 is 5.32 Å². The summed E-state index contributed by atoms with van der Waals surface area (Å²) in [5, 5.41) is 2.87. The highest BCUT2D eigenvalue weighted by atomic mass is 16.2. The van der Waals surface area contributed by atoms with Crippen LogP contribution in [0.2, 0.25) is 0 Å². The Hall–Kier alpha value is -2.21. The number of likely N-dealkylation sites (tertiary alicyclic amines) is 2. The molecule has 28 heavy (non-hydrogen) atoms. The van der Waals surface area contributed by atoms with Crippen molar-refractivity contribution in [1.29, 1.82) is 0 Å². The van der Waals surface area contributed by atoms with Crippen molar-refractivity contribution >= 4 is 17.7 Å². The summed E-state index contributed by atoms with van der Waals surface area (Å²) in [4.78, 5) is 38.8. The third-order valence-corrected chi connectivity index (χ3v) is 5.58. The predicted octanol–water partition coefficient (Wildman–Crippen LogP) is 2.32. The molecule has 0 aromatic heterocycles. The highest BCUT2D eigenvalue weighted by Gasteiger charge is 2.28. The Morgan fingerprint density at radius 1 is 1.00 bits per heavy atom. The van der Waals surface area contributed by atoms with Crippen LogP contribution in [0.1, 0.15) is 50.7 Å². The number of nitrogens with one attached hydrogen (secondary N) is 1. The molecule has 1 N–H and O–H groups in total. The number of piperidine rings is 1. The van der Waals surface area contributed by atoms with Gasteiger partial charge in [-0.15, -0.1) is 0 Å². The number of imide groups is 1. The molecule has 2 atom stereocenters. The minimum atomic E-state index is -0.175. The Bertz CT molecular complexity index is 690. The van der Waals surface area contributed by atoms with Gasteiger partial charge in [0.05, 0.1) is 0 Å². The molecule has 0 radical (unpaired) electrons. The van der Waals surface area contributed by atoms with Crippen LogP contribution in [0.15, 0.2) is 24.3 Å². The molecule has 3 amide bonds. The summed E-state index contributed by atoms with van der Waals surface area (Å²) in [6.07, 6.45) is 2.00. The van der Waals surface area contributed by atoms with Crippen molar-refractivity contribution in [2.75, 3.05) is 19.6 Å². The van der Waals surface area contributed by atoms with Crippen molar-refractivity contribution in [3.8, 4) is 0 Å². The molecule has 0 bridgehead atoms. The van der Waals surface area contributed by atoms with Crippen molar-refractivity contribution in [2.24, 2.45) is 11.8 Å². The van der Waals surface area contributed by atoms with Gasteiger partial charge in [0.2, 0.25) is 17.7 Å². The van der Waals surface area contributed by atoms with Gasteiger partial charge in [0, 0.05) is 52.0 Å². The normalized spacial score (nSPS) is 23.3. The molecule has 0 spiro atoms. The number of amides is 3. The summed E-state index contributed by atoms with van der Waals surface area (Å²) >= 11 is 0. The number of rotatable bonds is 7. The second-order valence-corrected chi connectivity index (χ2v) is 8.42. The van der Waals surface area contributed by atoms with Crippen LogP contribution < -0.4 is 5.32 Å². The minimum Gasteiger partial charge on any atom is -0.352 e. The van der Waals surface area contributed by atoms with Crippen molar-refractivity contribution in [2.45, 2.75) is 52.6 Å². The van der Waals surface area contributed by atoms with Crippen molar-refractivity contribution < 1.29 is 14.4 Å². The van der Waals surface area contributed by atoms with E-state index in [2.05, 4.69) is 48.3 Å². The lowest BCUT2D eigenvalue weighted by atomic mass is 9.91. The molecule has 2 aliphatic rings. The van der Waals surface area contributed by atoms with E-state index in [9.17, 15) is 14.4 Å². The number of hydrogen-bond donors (Lipinski definition) is 1. The lowest BCUT2D eigenvalue weighted by Crippen LogP contribution is -2.38. The van der Waals surface area contributed by atoms with Gasteiger partial charge in [-0.05, 0) is 29.4 Å². The second kappa shape index (κ2) is 9.32. The summed E-state index contributed by atoms with van der Waals surface area (Å²) < 4.78 is 0. The molecule has 2 fully saturated rings. The maximum atomic E-state index is 12.0. The molecule has 2 saturated heterocycles. The third kappa shape index (κ3) is 5.64. The average Bonchev–Trinajstić information content (AvgIpc) is 2.96. The van der Waals surface area contributed by atoms with E-state index in [4.69, 9.17) is 0 Å². The Morgan fingerprint density at radius 3 is 2.18 bits per heavy atom. The van der Waals surface area contributed by atoms with Crippen LogP contribution in [0.5, 0.6) is 0 Å². The molecule has 152 valence electrons. The maximum Gasteiger partial charge on any atom is 0.229 e. The topological polar surface area (TPSA) is 69.7 Å². The van der Waals surface area contributed by atoms with E-state index in [0.29, 0.717) is 6.54 Å². The highest BCUT2D eigenvalue weighted by molar-refractivity contribution is 6.02. The van der Waals surface area contributed by atoms with Crippen molar-refractivity contribution in [3.63, 3.8) is 0 Å². The van der Waals surface area contributed by atoms with Crippen LogP contribution in [0, 0.1) is 11.8 Å². The van der Waals surface area contributed by atoms with Gasteiger partial charge >= 0.3 is 0 Å². The Kier molecular flexibility index (Phi) is 6.83. The van der Waals surface area contributed by atoms with E-state index >= 15 is 0 Å². The first-order chi connectivity index (χ1) is 13.4. The van der Waals surface area contributed by atoms with Gasteiger partial charge in [-0.1, -0.05) is 38.1 Å². The smallest absolute Gasteiger partial charge is 0.229 e. The zero-order valence-corrected chi connectivity index (χ0v) is 16.9. The Balaban J connectivity index is 1.41. The lowest BCUT2D eigenvalue weighted by Gasteiger charge is -2.35. The first-order valence-corrected chi connectivity index (χ1v) is 10.3. The number of carbonyl (C=O) groups is 3. The number of nitrogens with zero attached hydrogens (tertiary/aromatic N) is 2. The highest BCUT2D eigenvalue weighted by Crippen LogP contribution is 2.22. The van der Waals surface area contributed by atoms with Crippen molar-refractivity contribution in [3.05, 3.63) is 35.4 Å². The Labute approximate surface area is 167 Å². The average molecular weight is 386 g/mol. The first-order valence-electron chi connectivity index (χ1n) is 10.3. The lowest BCUT2D eigenvalue weighted by molar-refractivity contribution is -0.138. The van der Waals surface area contributed by atoms with Crippen LogP contribution in [0.25, 0.3) is 0 Å². The largest absolute Gasteiger partial charge is 0.352 e. The van der Waals surface area contributed by atoms with E-state index in [1.165, 1.54) is 16.9 Å². The zero-order valence-electron chi connectivity index (χ0n) is 16.9. The van der Waals surface area contributed by atoms with E-state index in [1.54, 1.807) is 0 Å². The molecule has 0 saturated carbocycles. The fraction of sp³-hybridized carbons (Fsp3) is 0.591. The summed E-state index contributed by atoms with van der Waals surface area (Å²) in [6.45, 7) is 8.56. The zero-order chi connectivity index (χ0) is 20.1. The third-order valence-electron chi connectivity index (χ3n) is 5.58. The molecule has 1 aromatic rings. The van der Waals surface area contributed by atoms with Crippen LogP contribution >= 0.6 is 0 Å². The molecular formula is C22H31N3O3.